The van der Waals surface area contributed by atoms with Crippen LogP contribution in [-0.4, -0.2) is 19.5 Å². The summed E-state index contributed by atoms with van der Waals surface area (Å²) in [5, 5.41) is 0. The molecule has 0 saturated heterocycles. The minimum Gasteiger partial charge on any atom is -0.493 e. The number of rotatable bonds is 6. The van der Waals surface area contributed by atoms with Crippen LogP contribution in [0.2, 0.25) is 0 Å². The monoisotopic (exact) mass is 382 g/mol. The van der Waals surface area contributed by atoms with Crippen LogP contribution < -0.4 is 9.47 Å². The number of allylic oxidation sites excluding steroid dienone is 1. The minimum absolute atomic E-state index is 0.0837. The number of carbonyl (C=O) groups excluding carboxylic acids is 1. The summed E-state index contributed by atoms with van der Waals surface area (Å²) in [5.41, 5.74) is 1.07. The zero-order valence-corrected chi connectivity index (χ0v) is 13.7. The summed E-state index contributed by atoms with van der Waals surface area (Å²) < 4.78 is 34.9. The molecular formula is C17H13BrF2O3. The van der Waals surface area contributed by atoms with Gasteiger partial charge in [-0.2, -0.15) is 8.78 Å². The van der Waals surface area contributed by atoms with Crippen LogP contribution in [0.1, 0.15) is 15.9 Å². The van der Waals surface area contributed by atoms with E-state index in [1.165, 1.54) is 31.4 Å². The van der Waals surface area contributed by atoms with Crippen LogP contribution in [-0.2, 0) is 0 Å². The van der Waals surface area contributed by atoms with Gasteiger partial charge in [0.1, 0.15) is 0 Å². The molecular weight excluding hydrogens is 370 g/mol. The quantitative estimate of drug-likeness (QED) is 0.523. The lowest BCUT2D eigenvalue weighted by atomic mass is 10.1. The third kappa shape index (κ3) is 4.89. The lowest BCUT2D eigenvalue weighted by molar-refractivity contribution is -0.0512. The van der Waals surface area contributed by atoms with E-state index in [1.54, 1.807) is 24.3 Å². The highest BCUT2D eigenvalue weighted by atomic mass is 79.9. The standard InChI is InChI=1S/C17H13BrF2O3/c1-22-15-8-6-11(9-16(15)23-17(19)20)5-7-14(21)12-3-2-4-13(18)10-12/h2-10,17H,1H3/b7-5+. The molecule has 23 heavy (non-hydrogen) atoms. The van der Waals surface area contributed by atoms with Gasteiger partial charge in [-0.25, -0.2) is 0 Å². The summed E-state index contributed by atoms with van der Waals surface area (Å²) in [5.74, 6) is -0.0845. The molecule has 0 amide bonds. The van der Waals surface area contributed by atoms with Gasteiger partial charge < -0.3 is 9.47 Å². The van der Waals surface area contributed by atoms with E-state index in [2.05, 4.69) is 20.7 Å². The van der Waals surface area contributed by atoms with Crippen molar-refractivity contribution in [3.05, 3.63) is 64.1 Å². The molecule has 0 saturated carbocycles. The number of ether oxygens (including phenoxy) is 2. The molecule has 0 atom stereocenters. The van der Waals surface area contributed by atoms with Crippen molar-refractivity contribution in [3.63, 3.8) is 0 Å². The van der Waals surface area contributed by atoms with E-state index in [-0.39, 0.29) is 17.3 Å². The van der Waals surface area contributed by atoms with Crippen LogP contribution in [0.5, 0.6) is 11.5 Å². The molecule has 0 aliphatic heterocycles. The van der Waals surface area contributed by atoms with Crippen LogP contribution in [0.15, 0.2) is 53.0 Å². The number of ketones is 1. The molecule has 0 fully saturated rings. The van der Waals surface area contributed by atoms with E-state index in [0.29, 0.717) is 11.1 Å². The zero-order chi connectivity index (χ0) is 16.8. The Morgan fingerprint density at radius 1 is 1.17 bits per heavy atom. The summed E-state index contributed by atoms with van der Waals surface area (Å²) in [6.45, 7) is -2.95. The van der Waals surface area contributed by atoms with Gasteiger partial charge in [0.15, 0.2) is 17.3 Å². The van der Waals surface area contributed by atoms with Gasteiger partial charge in [-0.15, -0.1) is 0 Å². The normalized spacial score (nSPS) is 11.0. The average molecular weight is 383 g/mol. The van der Waals surface area contributed by atoms with Crippen molar-refractivity contribution < 1.29 is 23.0 Å². The van der Waals surface area contributed by atoms with Crippen LogP contribution in [0.4, 0.5) is 8.78 Å². The molecule has 0 unspecified atom stereocenters. The largest absolute Gasteiger partial charge is 0.493 e. The molecule has 0 aliphatic carbocycles. The second-order valence-corrected chi connectivity index (χ2v) is 5.41. The fourth-order valence-corrected chi connectivity index (χ4v) is 2.29. The van der Waals surface area contributed by atoms with Crippen molar-refractivity contribution >= 4 is 27.8 Å². The van der Waals surface area contributed by atoms with Gasteiger partial charge in [0.25, 0.3) is 0 Å². The Morgan fingerprint density at radius 2 is 1.96 bits per heavy atom. The van der Waals surface area contributed by atoms with E-state index in [4.69, 9.17) is 4.74 Å². The van der Waals surface area contributed by atoms with E-state index < -0.39 is 6.61 Å². The molecule has 0 N–H and O–H groups in total. The van der Waals surface area contributed by atoms with Gasteiger partial charge in [-0.05, 0) is 35.9 Å². The molecule has 0 heterocycles. The van der Waals surface area contributed by atoms with Gasteiger partial charge in [0.2, 0.25) is 0 Å². The van der Waals surface area contributed by atoms with Crippen LogP contribution in [0.25, 0.3) is 6.08 Å². The lowest BCUT2D eigenvalue weighted by Crippen LogP contribution is -2.03. The molecule has 0 radical (unpaired) electrons. The van der Waals surface area contributed by atoms with Crippen LogP contribution in [0.3, 0.4) is 0 Å². The third-order valence-electron chi connectivity index (χ3n) is 2.94. The summed E-state index contributed by atoms with van der Waals surface area (Å²) in [7, 11) is 1.36. The summed E-state index contributed by atoms with van der Waals surface area (Å²) in [4.78, 5) is 12.1. The number of hydrogen-bond donors (Lipinski definition) is 0. The number of carbonyl (C=O) groups is 1. The SMILES string of the molecule is COc1ccc(/C=C/C(=O)c2cccc(Br)c2)cc1OC(F)F. The maximum absolute atomic E-state index is 12.4. The predicted molar refractivity (Wildman–Crippen MR) is 87.1 cm³/mol. The number of methoxy groups -OCH3 is 1. The molecule has 0 spiro atoms. The van der Waals surface area contributed by atoms with Crippen LogP contribution in [0, 0.1) is 0 Å². The fourth-order valence-electron chi connectivity index (χ4n) is 1.89. The first-order valence-corrected chi connectivity index (χ1v) is 7.39. The highest BCUT2D eigenvalue weighted by molar-refractivity contribution is 9.10. The highest BCUT2D eigenvalue weighted by Crippen LogP contribution is 2.30. The molecule has 2 aromatic rings. The maximum Gasteiger partial charge on any atom is 0.387 e. The number of alkyl halides is 2. The van der Waals surface area contributed by atoms with Crippen molar-refractivity contribution in [3.8, 4) is 11.5 Å². The summed E-state index contributed by atoms with van der Waals surface area (Å²) in [6, 6.07) is 11.5. The van der Waals surface area contributed by atoms with Gasteiger partial charge in [-0.3, -0.25) is 4.79 Å². The zero-order valence-electron chi connectivity index (χ0n) is 12.1. The Hall–Kier alpha value is -2.21. The van der Waals surface area contributed by atoms with E-state index >= 15 is 0 Å². The van der Waals surface area contributed by atoms with E-state index in [0.717, 1.165) is 4.47 Å². The average Bonchev–Trinajstić information content (AvgIpc) is 2.52. The first-order chi connectivity index (χ1) is 11.0. The third-order valence-corrected chi connectivity index (χ3v) is 3.43. The Bertz CT molecular complexity index is 730. The van der Waals surface area contributed by atoms with Crippen molar-refractivity contribution in [2.45, 2.75) is 6.61 Å². The smallest absolute Gasteiger partial charge is 0.387 e. The Kier molecular flexibility index (Phi) is 5.87. The van der Waals surface area contributed by atoms with Crippen molar-refractivity contribution in [1.82, 2.24) is 0 Å². The lowest BCUT2D eigenvalue weighted by Gasteiger charge is -2.10. The predicted octanol–water partition coefficient (Wildman–Crippen LogP) is 4.96. The van der Waals surface area contributed by atoms with E-state index in [1.807, 2.05) is 6.07 Å². The molecule has 3 nitrogen and oxygen atoms in total. The molecule has 2 aromatic carbocycles. The van der Waals surface area contributed by atoms with Crippen LogP contribution >= 0.6 is 15.9 Å². The molecule has 0 aliphatic rings. The second kappa shape index (κ2) is 7.87. The Morgan fingerprint density at radius 3 is 2.61 bits per heavy atom. The molecule has 120 valence electrons. The van der Waals surface area contributed by atoms with Gasteiger partial charge in [0.05, 0.1) is 7.11 Å². The molecule has 6 heteroatoms. The number of benzene rings is 2. The molecule has 0 bridgehead atoms. The maximum atomic E-state index is 12.4. The number of hydrogen-bond acceptors (Lipinski definition) is 3. The van der Waals surface area contributed by atoms with Gasteiger partial charge in [0, 0.05) is 10.0 Å². The van der Waals surface area contributed by atoms with Crippen molar-refractivity contribution in [1.29, 1.82) is 0 Å². The first kappa shape index (κ1) is 17.1. The Labute approximate surface area is 140 Å². The van der Waals surface area contributed by atoms with Crippen molar-refractivity contribution in [2.24, 2.45) is 0 Å². The van der Waals surface area contributed by atoms with Gasteiger partial charge in [-0.1, -0.05) is 40.2 Å². The molecule has 0 aromatic heterocycles. The van der Waals surface area contributed by atoms with Gasteiger partial charge >= 0.3 is 6.61 Å². The van der Waals surface area contributed by atoms with Crippen molar-refractivity contribution in [2.75, 3.05) is 7.11 Å². The summed E-state index contributed by atoms with van der Waals surface area (Å²) >= 11 is 3.30. The number of halogens is 3. The first-order valence-electron chi connectivity index (χ1n) is 6.60. The topological polar surface area (TPSA) is 35.5 Å². The second-order valence-electron chi connectivity index (χ2n) is 4.50. The van der Waals surface area contributed by atoms with E-state index in [9.17, 15) is 13.6 Å². The Balaban J connectivity index is 2.20. The molecule has 2 rings (SSSR count). The minimum atomic E-state index is -2.95. The fraction of sp³-hybridized carbons (Fsp3) is 0.118. The summed E-state index contributed by atoms with van der Waals surface area (Å²) in [6.07, 6.45) is 2.90. The highest BCUT2D eigenvalue weighted by Gasteiger charge is 2.10.